The molecule has 2 aromatic heterocycles. The van der Waals surface area contributed by atoms with E-state index in [1.54, 1.807) is 11.3 Å². The second-order valence-electron chi connectivity index (χ2n) is 4.93. The van der Waals surface area contributed by atoms with E-state index in [4.69, 9.17) is 4.74 Å². The molecule has 1 saturated heterocycles. The van der Waals surface area contributed by atoms with Crippen molar-refractivity contribution in [1.82, 2.24) is 25.1 Å². The van der Waals surface area contributed by atoms with E-state index in [1.165, 1.54) is 0 Å². The monoisotopic (exact) mass is 281 g/mol. The molecule has 3 heterocycles. The maximum absolute atomic E-state index is 5.42. The first-order valence-corrected chi connectivity index (χ1v) is 7.64. The van der Waals surface area contributed by atoms with Gasteiger partial charge in [0, 0.05) is 12.5 Å². The number of nitrogens with zero attached hydrogens (tertiary/aromatic N) is 4. The second kappa shape index (κ2) is 5.52. The van der Waals surface area contributed by atoms with Crippen LogP contribution < -0.4 is 5.32 Å². The van der Waals surface area contributed by atoms with Crippen LogP contribution in [0.25, 0.3) is 4.96 Å². The summed E-state index contributed by atoms with van der Waals surface area (Å²) < 4.78 is 7.31. The van der Waals surface area contributed by atoms with Crippen LogP contribution in [-0.4, -0.2) is 39.6 Å². The third kappa shape index (κ3) is 2.50. The van der Waals surface area contributed by atoms with Crippen LogP contribution in [0.15, 0.2) is 0 Å². The summed E-state index contributed by atoms with van der Waals surface area (Å²) in [6, 6.07) is 0.263. The average molecular weight is 281 g/mol. The van der Waals surface area contributed by atoms with Crippen molar-refractivity contribution in [1.29, 1.82) is 0 Å². The Balaban J connectivity index is 1.84. The molecule has 19 heavy (non-hydrogen) atoms. The van der Waals surface area contributed by atoms with Gasteiger partial charge in [-0.25, -0.2) is 0 Å². The molecule has 6 nitrogen and oxygen atoms in total. The topological polar surface area (TPSA) is 64.3 Å². The number of nitrogens with one attached hydrogen (secondary N) is 1. The Morgan fingerprint density at radius 3 is 3.16 bits per heavy atom. The van der Waals surface area contributed by atoms with Gasteiger partial charge in [0.1, 0.15) is 5.01 Å². The molecule has 0 aliphatic carbocycles. The fraction of sp³-hybridized carbons (Fsp3) is 0.750. The van der Waals surface area contributed by atoms with Gasteiger partial charge in [0.25, 0.3) is 0 Å². The molecule has 1 aliphatic rings. The van der Waals surface area contributed by atoms with Crippen LogP contribution in [0.1, 0.15) is 49.5 Å². The molecular weight excluding hydrogens is 262 g/mol. The van der Waals surface area contributed by atoms with Crippen LogP contribution in [0.2, 0.25) is 0 Å². The van der Waals surface area contributed by atoms with Crippen LogP contribution in [0.4, 0.5) is 0 Å². The molecule has 0 saturated carbocycles. The first-order chi connectivity index (χ1) is 9.29. The van der Waals surface area contributed by atoms with Gasteiger partial charge in [-0.2, -0.15) is 9.61 Å². The molecule has 1 N–H and O–H groups in total. The summed E-state index contributed by atoms with van der Waals surface area (Å²) >= 11 is 1.61. The lowest BCUT2D eigenvalue weighted by molar-refractivity contribution is 0.193. The van der Waals surface area contributed by atoms with Gasteiger partial charge < -0.3 is 10.1 Å². The Morgan fingerprint density at radius 1 is 1.53 bits per heavy atom. The highest BCUT2D eigenvalue weighted by Gasteiger charge is 2.25. The number of ether oxygens (including phenoxy) is 1. The zero-order valence-corrected chi connectivity index (χ0v) is 12.1. The van der Waals surface area contributed by atoms with Gasteiger partial charge in [-0.3, -0.25) is 0 Å². The quantitative estimate of drug-likeness (QED) is 0.904. The van der Waals surface area contributed by atoms with E-state index in [9.17, 15) is 0 Å². The molecule has 0 spiro atoms. The maximum atomic E-state index is 5.42. The van der Waals surface area contributed by atoms with Crippen molar-refractivity contribution < 1.29 is 4.74 Å². The van der Waals surface area contributed by atoms with E-state index in [-0.39, 0.29) is 6.04 Å². The molecule has 2 atom stereocenters. The fourth-order valence-electron chi connectivity index (χ4n) is 2.26. The Labute approximate surface area is 116 Å². The van der Waals surface area contributed by atoms with Gasteiger partial charge in [-0.15, -0.1) is 10.2 Å². The molecule has 104 valence electrons. The lowest BCUT2D eigenvalue weighted by Gasteiger charge is -2.08. The van der Waals surface area contributed by atoms with E-state index < -0.39 is 0 Å². The largest absolute Gasteiger partial charge is 0.381 e. The van der Waals surface area contributed by atoms with Gasteiger partial charge in [0.2, 0.25) is 4.96 Å². The van der Waals surface area contributed by atoms with E-state index >= 15 is 0 Å². The molecule has 0 amide bonds. The second-order valence-corrected chi connectivity index (χ2v) is 5.92. The standard InChI is InChI=1S/C12H19N5OS/c1-3-5-13-8(2)11-16-17-10(9-4-6-18-7-9)14-15-12(17)19-11/h8-9,13H,3-7H2,1-2H3. The Hall–Kier alpha value is -1.05. The highest BCUT2D eigenvalue weighted by Crippen LogP contribution is 2.27. The molecule has 1 aliphatic heterocycles. The summed E-state index contributed by atoms with van der Waals surface area (Å²) in [5.41, 5.74) is 0. The van der Waals surface area contributed by atoms with Crippen molar-refractivity contribution in [2.24, 2.45) is 0 Å². The summed E-state index contributed by atoms with van der Waals surface area (Å²) in [6.45, 7) is 6.85. The molecule has 3 rings (SSSR count). The molecule has 0 radical (unpaired) electrons. The van der Waals surface area contributed by atoms with Gasteiger partial charge in [0.05, 0.1) is 12.6 Å². The SMILES string of the molecule is CCCNC(C)c1nn2c(C3CCOC3)nnc2s1. The molecule has 1 fully saturated rings. The minimum Gasteiger partial charge on any atom is -0.381 e. The molecular formula is C12H19N5OS. The van der Waals surface area contributed by atoms with Crippen molar-refractivity contribution in [3.63, 3.8) is 0 Å². The smallest absolute Gasteiger partial charge is 0.234 e. The first kappa shape index (κ1) is 13.0. The molecule has 2 unspecified atom stereocenters. The summed E-state index contributed by atoms with van der Waals surface area (Å²) in [4.78, 5) is 0.877. The minimum atomic E-state index is 0.263. The van der Waals surface area contributed by atoms with Gasteiger partial charge in [0.15, 0.2) is 5.82 Å². The Bertz CT molecular complexity index is 545. The molecule has 0 aromatic carbocycles. The van der Waals surface area contributed by atoms with Crippen molar-refractivity contribution in [3.8, 4) is 0 Å². The van der Waals surface area contributed by atoms with Crippen molar-refractivity contribution in [2.45, 2.75) is 38.6 Å². The summed E-state index contributed by atoms with van der Waals surface area (Å²) in [5.74, 6) is 1.28. The third-order valence-electron chi connectivity index (χ3n) is 3.40. The van der Waals surface area contributed by atoms with Crippen LogP contribution in [0.5, 0.6) is 0 Å². The van der Waals surface area contributed by atoms with Crippen molar-refractivity contribution >= 4 is 16.3 Å². The zero-order valence-electron chi connectivity index (χ0n) is 11.3. The van der Waals surface area contributed by atoms with Gasteiger partial charge >= 0.3 is 0 Å². The number of fused-ring (bicyclic) bond motifs is 1. The molecule has 2 aromatic rings. The molecule has 0 bridgehead atoms. The van der Waals surface area contributed by atoms with Crippen LogP contribution in [-0.2, 0) is 4.74 Å². The van der Waals surface area contributed by atoms with E-state index in [2.05, 4.69) is 34.5 Å². The molecule has 7 heteroatoms. The zero-order chi connectivity index (χ0) is 13.2. The van der Waals surface area contributed by atoms with Gasteiger partial charge in [-0.05, 0) is 26.3 Å². The van der Waals surface area contributed by atoms with Crippen LogP contribution >= 0.6 is 11.3 Å². The van der Waals surface area contributed by atoms with E-state index in [0.29, 0.717) is 5.92 Å². The third-order valence-corrected chi connectivity index (χ3v) is 4.48. The predicted molar refractivity (Wildman–Crippen MR) is 73.5 cm³/mol. The Kier molecular flexibility index (Phi) is 3.76. The van der Waals surface area contributed by atoms with Crippen LogP contribution in [0, 0.1) is 0 Å². The van der Waals surface area contributed by atoms with Crippen LogP contribution in [0.3, 0.4) is 0 Å². The number of hydrogen-bond acceptors (Lipinski definition) is 6. The summed E-state index contributed by atoms with van der Waals surface area (Å²) in [7, 11) is 0. The highest BCUT2D eigenvalue weighted by atomic mass is 32.1. The fourth-order valence-corrected chi connectivity index (χ4v) is 3.13. The average Bonchev–Trinajstić information content (AvgIpc) is 3.09. The van der Waals surface area contributed by atoms with Crippen molar-refractivity contribution in [2.75, 3.05) is 19.8 Å². The van der Waals surface area contributed by atoms with E-state index in [1.807, 2.05) is 4.52 Å². The Morgan fingerprint density at radius 2 is 2.42 bits per heavy atom. The number of rotatable bonds is 5. The normalized spacial score (nSPS) is 21.3. The number of aromatic nitrogens is 4. The number of hydrogen-bond donors (Lipinski definition) is 1. The highest BCUT2D eigenvalue weighted by molar-refractivity contribution is 7.16. The lowest BCUT2D eigenvalue weighted by Crippen LogP contribution is -2.19. The maximum Gasteiger partial charge on any atom is 0.234 e. The lowest BCUT2D eigenvalue weighted by atomic mass is 10.1. The van der Waals surface area contributed by atoms with Crippen molar-refractivity contribution in [3.05, 3.63) is 10.8 Å². The predicted octanol–water partition coefficient (Wildman–Crippen LogP) is 1.75. The summed E-state index contributed by atoms with van der Waals surface area (Å²) in [5, 5.41) is 17.7. The van der Waals surface area contributed by atoms with E-state index in [0.717, 1.165) is 48.4 Å². The van der Waals surface area contributed by atoms with Gasteiger partial charge in [-0.1, -0.05) is 18.3 Å². The minimum absolute atomic E-state index is 0.263. The summed E-state index contributed by atoms with van der Waals surface area (Å²) in [6.07, 6.45) is 2.14. The first-order valence-electron chi connectivity index (χ1n) is 6.82.